The molecule has 8 nitrogen and oxygen atoms in total. The lowest BCUT2D eigenvalue weighted by Gasteiger charge is -2.13. The van der Waals surface area contributed by atoms with Crippen LogP contribution in [0.4, 0.5) is 0 Å². The standard InChI is InChI=1S/C14H18N2O6/c1-15(2)8-10(16(18)19)13(17)9-6-11(20-3)14(22-5)12(7-9)21-4/h6-8H,1-5H3. The van der Waals surface area contributed by atoms with Crippen molar-refractivity contribution in [1.29, 1.82) is 0 Å². The second-order valence-corrected chi connectivity index (χ2v) is 4.48. The second-order valence-electron chi connectivity index (χ2n) is 4.48. The van der Waals surface area contributed by atoms with E-state index in [2.05, 4.69) is 0 Å². The third-order valence-corrected chi connectivity index (χ3v) is 2.74. The lowest BCUT2D eigenvalue weighted by molar-refractivity contribution is -0.417. The molecule has 0 atom stereocenters. The van der Waals surface area contributed by atoms with Crippen molar-refractivity contribution in [2.24, 2.45) is 0 Å². The van der Waals surface area contributed by atoms with Gasteiger partial charge in [-0.3, -0.25) is 14.9 Å². The van der Waals surface area contributed by atoms with Crippen LogP contribution in [-0.2, 0) is 0 Å². The molecular weight excluding hydrogens is 292 g/mol. The van der Waals surface area contributed by atoms with E-state index in [1.165, 1.54) is 38.4 Å². The number of carbonyl (C=O) groups excluding carboxylic acids is 1. The van der Waals surface area contributed by atoms with Gasteiger partial charge in [0.15, 0.2) is 11.5 Å². The molecule has 0 aliphatic carbocycles. The van der Waals surface area contributed by atoms with Crippen LogP contribution in [0.2, 0.25) is 0 Å². The van der Waals surface area contributed by atoms with Crippen molar-refractivity contribution in [3.63, 3.8) is 0 Å². The number of hydrogen-bond acceptors (Lipinski definition) is 7. The van der Waals surface area contributed by atoms with Crippen LogP contribution >= 0.6 is 0 Å². The number of ketones is 1. The summed E-state index contributed by atoms with van der Waals surface area (Å²) in [4.78, 5) is 24.1. The van der Waals surface area contributed by atoms with Crippen molar-refractivity contribution >= 4 is 5.78 Å². The van der Waals surface area contributed by atoms with Gasteiger partial charge in [0, 0.05) is 19.7 Å². The number of hydrogen-bond donors (Lipinski definition) is 0. The van der Waals surface area contributed by atoms with Gasteiger partial charge in [-0.15, -0.1) is 0 Å². The first-order valence-electron chi connectivity index (χ1n) is 6.23. The molecule has 0 aliphatic heterocycles. The number of rotatable bonds is 7. The Morgan fingerprint density at radius 2 is 1.64 bits per heavy atom. The van der Waals surface area contributed by atoms with Crippen molar-refractivity contribution < 1.29 is 23.9 Å². The maximum absolute atomic E-state index is 12.4. The zero-order chi connectivity index (χ0) is 16.9. The minimum absolute atomic E-state index is 0.0688. The zero-order valence-electron chi connectivity index (χ0n) is 13.1. The highest BCUT2D eigenvalue weighted by molar-refractivity contribution is 6.07. The molecule has 0 radical (unpaired) electrons. The van der Waals surface area contributed by atoms with Gasteiger partial charge < -0.3 is 19.1 Å². The first kappa shape index (κ1) is 17.3. The number of nitrogens with zero attached hydrogens (tertiary/aromatic N) is 2. The van der Waals surface area contributed by atoms with Gasteiger partial charge in [-0.05, 0) is 12.1 Å². The average molecular weight is 310 g/mol. The molecule has 0 heterocycles. The third-order valence-electron chi connectivity index (χ3n) is 2.74. The van der Waals surface area contributed by atoms with E-state index in [0.717, 1.165) is 6.20 Å². The smallest absolute Gasteiger partial charge is 0.332 e. The summed E-state index contributed by atoms with van der Waals surface area (Å²) in [5.41, 5.74) is -0.487. The highest BCUT2D eigenvalue weighted by atomic mass is 16.6. The summed E-state index contributed by atoms with van der Waals surface area (Å²) < 4.78 is 15.4. The van der Waals surface area contributed by atoms with E-state index in [1.807, 2.05) is 0 Å². The van der Waals surface area contributed by atoms with Crippen LogP contribution in [0.25, 0.3) is 0 Å². The topological polar surface area (TPSA) is 91.1 Å². The lowest BCUT2D eigenvalue weighted by atomic mass is 10.1. The van der Waals surface area contributed by atoms with Crippen molar-refractivity contribution in [2.45, 2.75) is 0 Å². The van der Waals surface area contributed by atoms with E-state index in [4.69, 9.17) is 14.2 Å². The van der Waals surface area contributed by atoms with E-state index in [1.54, 1.807) is 14.1 Å². The first-order chi connectivity index (χ1) is 10.3. The Balaban J connectivity index is 3.42. The fourth-order valence-electron chi connectivity index (χ4n) is 1.79. The molecule has 0 bridgehead atoms. The van der Waals surface area contributed by atoms with Crippen LogP contribution in [0.3, 0.4) is 0 Å². The van der Waals surface area contributed by atoms with Crippen molar-refractivity contribution in [1.82, 2.24) is 4.90 Å². The largest absolute Gasteiger partial charge is 0.493 e. The number of ether oxygens (including phenoxy) is 3. The fraction of sp³-hybridized carbons (Fsp3) is 0.357. The van der Waals surface area contributed by atoms with Crippen LogP contribution < -0.4 is 14.2 Å². The maximum Gasteiger partial charge on any atom is 0.332 e. The number of allylic oxidation sites excluding steroid dienone is 1. The molecule has 0 aromatic heterocycles. The van der Waals surface area contributed by atoms with Crippen molar-refractivity contribution in [3.05, 3.63) is 39.7 Å². The Labute approximate surface area is 128 Å². The molecule has 1 rings (SSSR count). The van der Waals surface area contributed by atoms with E-state index in [9.17, 15) is 14.9 Å². The highest BCUT2D eigenvalue weighted by Gasteiger charge is 2.26. The van der Waals surface area contributed by atoms with Crippen LogP contribution in [0.5, 0.6) is 17.2 Å². The summed E-state index contributed by atoms with van der Waals surface area (Å²) >= 11 is 0. The molecule has 8 heteroatoms. The Morgan fingerprint density at radius 3 is 1.95 bits per heavy atom. The monoisotopic (exact) mass is 310 g/mol. The van der Waals surface area contributed by atoms with Crippen LogP contribution in [0, 0.1) is 10.1 Å². The summed E-state index contributed by atoms with van der Waals surface area (Å²) in [6.45, 7) is 0. The molecular formula is C14H18N2O6. The molecule has 0 saturated heterocycles. The predicted octanol–water partition coefficient (Wildman–Crippen LogP) is 1.57. The number of Topliss-reactive ketones (excluding diaryl/α,β-unsaturated/α-hetero) is 1. The molecule has 0 unspecified atom stereocenters. The Bertz CT molecular complexity index is 584. The van der Waals surface area contributed by atoms with Crippen LogP contribution in [0.15, 0.2) is 24.0 Å². The van der Waals surface area contributed by atoms with Crippen molar-refractivity contribution in [2.75, 3.05) is 35.4 Å². The summed E-state index contributed by atoms with van der Waals surface area (Å²) in [6, 6.07) is 2.74. The van der Waals surface area contributed by atoms with E-state index in [-0.39, 0.29) is 17.1 Å². The highest BCUT2D eigenvalue weighted by Crippen LogP contribution is 2.38. The molecule has 1 aromatic carbocycles. The molecule has 1 aromatic rings. The zero-order valence-corrected chi connectivity index (χ0v) is 13.1. The predicted molar refractivity (Wildman–Crippen MR) is 79.2 cm³/mol. The molecule has 22 heavy (non-hydrogen) atoms. The molecule has 0 fully saturated rings. The fourth-order valence-corrected chi connectivity index (χ4v) is 1.79. The minimum Gasteiger partial charge on any atom is -0.493 e. The molecule has 0 N–H and O–H groups in total. The molecule has 0 spiro atoms. The number of methoxy groups -OCH3 is 3. The Kier molecular flexibility index (Phi) is 5.73. The second kappa shape index (κ2) is 7.30. The van der Waals surface area contributed by atoms with Crippen molar-refractivity contribution in [3.8, 4) is 17.2 Å². The number of carbonyl (C=O) groups is 1. The first-order valence-corrected chi connectivity index (χ1v) is 6.23. The van der Waals surface area contributed by atoms with Gasteiger partial charge in [0.1, 0.15) is 0 Å². The molecule has 0 amide bonds. The summed E-state index contributed by atoms with van der Waals surface area (Å²) in [5.74, 6) is 0.0502. The summed E-state index contributed by atoms with van der Waals surface area (Å²) in [7, 11) is 7.40. The van der Waals surface area contributed by atoms with Gasteiger partial charge in [0.25, 0.3) is 5.78 Å². The Morgan fingerprint density at radius 1 is 1.14 bits per heavy atom. The van der Waals surface area contributed by atoms with Crippen LogP contribution in [-0.4, -0.2) is 51.0 Å². The Hall–Kier alpha value is -2.77. The molecule has 0 saturated carbocycles. The van der Waals surface area contributed by atoms with Gasteiger partial charge in [-0.2, -0.15) is 0 Å². The summed E-state index contributed by atoms with van der Waals surface area (Å²) in [5, 5.41) is 11.1. The van der Waals surface area contributed by atoms with E-state index < -0.39 is 16.4 Å². The average Bonchev–Trinajstić information content (AvgIpc) is 2.49. The van der Waals surface area contributed by atoms with E-state index in [0.29, 0.717) is 5.75 Å². The van der Waals surface area contributed by atoms with Gasteiger partial charge in [0.2, 0.25) is 5.75 Å². The quantitative estimate of drug-likeness (QED) is 0.327. The minimum atomic E-state index is -0.752. The lowest BCUT2D eigenvalue weighted by Crippen LogP contribution is -2.16. The SMILES string of the molecule is COc1cc(C(=O)C(=CN(C)C)[N+](=O)[O-])cc(OC)c1OC. The molecule has 0 aliphatic rings. The maximum atomic E-state index is 12.4. The summed E-state index contributed by atoms with van der Waals surface area (Å²) in [6.07, 6.45) is 1.14. The van der Waals surface area contributed by atoms with Gasteiger partial charge in [0.05, 0.1) is 32.5 Å². The number of benzene rings is 1. The third kappa shape index (κ3) is 3.66. The number of nitro groups is 1. The van der Waals surface area contributed by atoms with Crippen LogP contribution in [0.1, 0.15) is 10.4 Å². The normalized spacial score (nSPS) is 10.9. The van der Waals surface area contributed by atoms with Gasteiger partial charge in [-0.1, -0.05) is 0 Å². The van der Waals surface area contributed by atoms with Gasteiger partial charge >= 0.3 is 5.70 Å². The van der Waals surface area contributed by atoms with Gasteiger partial charge in [-0.25, -0.2) is 0 Å². The molecule has 120 valence electrons. The van der Waals surface area contributed by atoms with E-state index >= 15 is 0 Å².